The van der Waals surface area contributed by atoms with E-state index in [1.54, 1.807) is 4.90 Å². The summed E-state index contributed by atoms with van der Waals surface area (Å²) in [4.78, 5) is 40.9. The Bertz CT molecular complexity index is 895. The molecule has 0 radical (unpaired) electrons. The number of fused-ring (bicyclic) bond motifs is 1. The van der Waals surface area contributed by atoms with E-state index in [4.69, 9.17) is 4.74 Å². The zero-order chi connectivity index (χ0) is 20.9. The molecule has 8 heteroatoms. The second-order valence-electron chi connectivity index (χ2n) is 9.05. The third-order valence-corrected chi connectivity index (χ3v) is 6.76. The summed E-state index contributed by atoms with van der Waals surface area (Å²) in [6, 6.07) is 5.28. The van der Waals surface area contributed by atoms with Gasteiger partial charge in [-0.2, -0.15) is 0 Å². The first kappa shape index (κ1) is 19.7. The monoisotopic (exact) mass is 412 g/mol. The Morgan fingerprint density at radius 3 is 2.90 bits per heavy atom. The van der Waals surface area contributed by atoms with Gasteiger partial charge in [0.15, 0.2) is 0 Å². The van der Waals surface area contributed by atoms with Crippen LogP contribution in [0.3, 0.4) is 0 Å². The number of benzene rings is 1. The van der Waals surface area contributed by atoms with Crippen LogP contribution >= 0.6 is 0 Å². The predicted octanol–water partition coefficient (Wildman–Crippen LogP) is 0.400. The lowest BCUT2D eigenvalue weighted by Crippen LogP contribution is -2.55. The first-order valence-corrected chi connectivity index (χ1v) is 10.8. The molecule has 4 aliphatic rings. The molecule has 0 saturated carbocycles. The van der Waals surface area contributed by atoms with E-state index >= 15 is 0 Å². The highest BCUT2D eigenvalue weighted by atomic mass is 16.5. The van der Waals surface area contributed by atoms with Crippen LogP contribution in [0.2, 0.25) is 0 Å². The molecule has 8 nitrogen and oxygen atoms in total. The van der Waals surface area contributed by atoms with Gasteiger partial charge >= 0.3 is 0 Å². The Balaban J connectivity index is 1.35. The summed E-state index contributed by atoms with van der Waals surface area (Å²) >= 11 is 0. The first-order chi connectivity index (χ1) is 14.4. The summed E-state index contributed by atoms with van der Waals surface area (Å²) in [5.41, 5.74) is 2.69. The molecular formula is C22H28N4O4. The number of piperidine rings is 1. The minimum atomic E-state index is -0.577. The van der Waals surface area contributed by atoms with Gasteiger partial charge in [0.25, 0.3) is 5.91 Å². The van der Waals surface area contributed by atoms with E-state index in [-0.39, 0.29) is 35.8 Å². The number of hydrogen-bond donors (Lipinski definition) is 2. The van der Waals surface area contributed by atoms with Crippen LogP contribution < -0.4 is 10.6 Å². The van der Waals surface area contributed by atoms with E-state index in [1.165, 1.54) is 0 Å². The van der Waals surface area contributed by atoms with Crippen molar-refractivity contribution in [2.24, 2.45) is 0 Å². The maximum Gasteiger partial charge on any atom is 0.255 e. The van der Waals surface area contributed by atoms with E-state index < -0.39 is 6.04 Å². The van der Waals surface area contributed by atoms with Crippen LogP contribution in [0, 0.1) is 0 Å². The molecule has 3 saturated heterocycles. The normalized spacial score (nSPS) is 32.0. The molecule has 4 aliphatic heterocycles. The summed E-state index contributed by atoms with van der Waals surface area (Å²) in [6.07, 6.45) is 1.83. The van der Waals surface area contributed by atoms with Gasteiger partial charge in [0.1, 0.15) is 6.04 Å². The molecule has 0 bridgehead atoms. The average Bonchev–Trinajstić information content (AvgIpc) is 3.27. The predicted molar refractivity (Wildman–Crippen MR) is 109 cm³/mol. The first-order valence-electron chi connectivity index (χ1n) is 10.8. The largest absolute Gasteiger partial charge is 0.368 e. The molecule has 3 fully saturated rings. The van der Waals surface area contributed by atoms with Gasteiger partial charge < -0.3 is 15.0 Å². The lowest BCUT2D eigenvalue weighted by molar-refractivity contribution is -0.139. The fourth-order valence-corrected chi connectivity index (χ4v) is 5.45. The summed E-state index contributed by atoms with van der Waals surface area (Å²) < 4.78 is 6.29. The zero-order valence-electron chi connectivity index (χ0n) is 17.3. The van der Waals surface area contributed by atoms with Gasteiger partial charge in [0, 0.05) is 44.7 Å². The average molecular weight is 412 g/mol. The number of carbonyl (C=O) groups excluding carboxylic acids is 3. The molecule has 3 unspecified atom stereocenters. The Labute approximate surface area is 175 Å². The number of ether oxygens (including phenoxy) is 1. The van der Waals surface area contributed by atoms with Crippen molar-refractivity contribution in [3.8, 4) is 0 Å². The fourth-order valence-electron chi connectivity index (χ4n) is 5.45. The molecule has 160 valence electrons. The molecule has 1 aromatic rings. The maximum absolute atomic E-state index is 13.0. The Morgan fingerprint density at radius 2 is 2.13 bits per heavy atom. The van der Waals surface area contributed by atoms with Crippen molar-refractivity contribution in [1.82, 2.24) is 20.4 Å². The second kappa shape index (κ2) is 7.44. The van der Waals surface area contributed by atoms with Crippen LogP contribution in [-0.2, 0) is 27.4 Å². The van der Waals surface area contributed by atoms with Gasteiger partial charge in [-0.3, -0.25) is 24.6 Å². The number of amides is 3. The molecule has 3 atom stereocenters. The Kier molecular flexibility index (Phi) is 4.88. The number of nitrogens with one attached hydrogen (secondary N) is 2. The second-order valence-corrected chi connectivity index (χ2v) is 9.05. The van der Waals surface area contributed by atoms with Crippen LogP contribution in [0.1, 0.15) is 47.7 Å². The van der Waals surface area contributed by atoms with Crippen LogP contribution in [0.25, 0.3) is 0 Å². The molecule has 0 aliphatic carbocycles. The van der Waals surface area contributed by atoms with E-state index in [2.05, 4.69) is 28.5 Å². The zero-order valence-corrected chi connectivity index (χ0v) is 17.3. The number of imide groups is 1. The van der Waals surface area contributed by atoms with Gasteiger partial charge in [-0.25, -0.2) is 0 Å². The third kappa shape index (κ3) is 3.42. The third-order valence-electron chi connectivity index (χ3n) is 6.76. The van der Waals surface area contributed by atoms with E-state index in [0.717, 1.165) is 50.3 Å². The SMILES string of the molecule is CC1CN(Cc2cccc3c2CN(C2CCC(=O)NC2=O)C3=O)CC2(CCNC2)O1. The Morgan fingerprint density at radius 1 is 1.27 bits per heavy atom. The molecule has 1 spiro atoms. The Hall–Kier alpha value is -2.29. The van der Waals surface area contributed by atoms with Crippen molar-refractivity contribution in [3.63, 3.8) is 0 Å². The van der Waals surface area contributed by atoms with Gasteiger partial charge in [0.2, 0.25) is 11.8 Å². The van der Waals surface area contributed by atoms with E-state index in [9.17, 15) is 14.4 Å². The lowest BCUT2D eigenvalue weighted by atomic mass is 9.97. The molecule has 1 aromatic carbocycles. The summed E-state index contributed by atoms with van der Waals surface area (Å²) in [5.74, 6) is -0.752. The fraction of sp³-hybridized carbons (Fsp3) is 0.591. The molecule has 0 aromatic heterocycles. The number of nitrogens with zero attached hydrogens (tertiary/aromatic N) is 2. The van der Waals surface area contributed by atoms with Gasteiger partial charge in [0.05, 0.1) is 11.7 Å². The highest BCUT2D eigenvalue weighted by Gasteiger charge is 2.43. The van der Waals surface area contributed by atoms with E-state index in [1.807, 2.05) is 12.1 Å². The molecule has 5 rings (SSSR count). The lowest BCUT2D eigenvalue weighted by Gasteiger charge is -2.43. The minimum absolute atomic E-state index is 0.117. The summed E-state index contributed by atoms with van der Waals surface area (Å²) in [6.45, 7) is 6.89. The molecule has 2 N–H and O–H groups in total. The van der Waals surface area contributed by atoms with Crippen molar-refractivity contribution in [1.29, 1.82) is 0 Å². The quantitative estimate of drug-likeness (QED) is 0.699. The molecule has 3 amide bonds. The van der Waals surface area contributed by atoms with Crippen molar-refractivity contribution >= 4 is 17.7 Å². The van der Waals surface area contributed by atoms with Crippen LogP contribution in [0.15, 0.2) is 18.2 Å². The van der Waals surface area contributed by atoms with Crippen LogP contribution in [-0.4, -0.2) is 71.4 Å². The van der Waals surface area contributed by atoms with Crippen molar-refractivity contribution in [3.05, 3.63) is 34.9 Å². The highest BCUT2D eigenvalue weighted by molar-refractivity contribution is 6.05. The number of rotatable bonds is 3. The summed E-state index contributed by atoms with van der Waals surface area (Å²) in [5, 5.41) is 5.79. The number of hydrogen-bond acceptors (Lipinski definition) is 6. The van der Waals surface area contributed by atoms with Gasteiger partial charge in [-0.05, 0) is 43.5 Å². The van der Waals surface area contributed by atoms with Crippen molar-refractivity contribution < 1.29 is 19.1 Å². The van der Waals surface area contributed by atoms with Crippen LogP contribution in [0.4, 0.5) is 0 Å². The maximum atomic E-state index is 13.0. The van der Waals surface area contributed by atoms with Crippen molar-refractivity contribution in [2.45, 2.75) is 57.0 Å². The molecule has 4 heterocycles. The van der Waals surface area contributed by atoms with Gasteiger partial charge in [-0.15, -0.1) is 0 Å². The van der Waals surface area contributed by atoms with Crippen LogP contribution in [0.5, 0.6) is 0 Å². The van der Waals surface area contributed by atoms with Gasteiger partial charge in [-0.1, -0.05) is 12.1 Å². The smallest absolute Gasteiger partial charge is 0.255 e. The standard InChI is InChI=1S/C22H28N4O4/c1-14-9-25(13-22(30-14)7-8-23-12-22)10-15-3-2-4-16-17(15)11-26(21(16)29)18-5-6-19(27)24-20(18)28/h2-4,14,18,23H,5-13H2,1H3,(H,24,27,28). The number of morpholine rings is 1. The van der Waals surface area contributed by atoms with Crippen molar-refractivity contribution in [2.75, 3.05) is 26.2 Å². The molecule has 30 heavy (non-hydrogen) atoms. The highest BCUT2D eigenvalue weighted by Crippen LogP contribution is 2.33. The molecular weight excluding hydrogens is 384 g/mol. The topological polar surface area (TPSA) is 91.0 Å². The summed E-state index contributed by atoms with van der Waals surface area (Å²) in [7, 11) is 0. The minimum Gasteiger partial charge on any atom is -0.368 e. The number of carbonyl (C=O) groups is 3. The van der Waals surface area contributed by atoms with E-state index in [0.29, 0.717) is 18.5 Å².